The molecule has 1 aliphatic heterocycles. The van der Waals surface area contributed by atoms with Crippen LogP contribution in [-0.2, 0) is 19.4 Å². The molecule has 0 fully saturated rings. The first-order valence-electron chi connectivity index (χ1n) is 11.5. The van der Waals surface area contributed by atoms with Gasteiger partial charge in [0, 0.05) is 15.5 Å². The van der Waals surface area contributed by atoms with E-state index in [1.165, 1.54) is 10.4 Å². The minimum atomic E-state index is -0.249. The number of rotatable bonds is 4. The van der Waals surface area contributed by atoms with Gasteiger partial charge in [0.2, 0.25) is 0 Å². The molecule has 0 saturated carbocycles. The molecule has 2 atom stereocenters. The van der Waals surface area contributed by atoms with E-state index in [9.17, 15) is 4.79 Å². The van der Waals surface area contributed by atoms with Gasteiger partial charge in [-0.1, -0.05) is 62.7 Å². The molecule has 0 saturated heterocycles. The lowest BCUT2D eigenvalue weighted by molar-refractivity contribution is 0.0935. The van der Waals surface area contributed by atoms with Crippen molar-refractivity contribution >= 4 is 33.8 Å². The fraction of sp³-hybridized carbons (Fsp3) is 0.370. The molecule has 2 N–H and O–H groups in total. The number of carbonyl (C=O) groups excluding carboxylic acids is 1. The predicted octanol–water partition coefficient (Wildman–Crippen LogP) is 6.99. The zero-order valence-corrected chi connectivity index (χ0v) is 20.8. The summed E-state index contributed by atoms with van der Waals surface area (Å²) in [4.78, 5) is 14.4. The highest BCUT2D eigenvalue weighted by Gasteiger charge is 2.36. The van der Waals surface area contributed by atoms with Gasteiger partial charge in [0.25, 0.3) is 5.91 Å². The number of fused-ring (bicyclic) bond motifs is 3. The Hall–Kier alpha value is -2.50. The Labute approximate surface area is 204 Å². The lowest BCUT2D eigenvalue weighted by atomic mass is 9.72. The predicted molar refractivity (Wildman–Crippen MR) is 135 cm³/mol. The van der Waals surface area contributed by atoms with E-state index in [4.69, 9.17) is 16.3 Å². The molecule has 1 aliphatic carbocycles. The molecule has 0 radical (unpaired) electrons. The first-order valence-corrected chi connectivity index (χ1v) is 12.7. The highest BCUT2D eigenvalue weighted by atomic mass is 35.5. The number of ether oxygens (including phenoxy) is 1. The fourth-order valence-corrected chi connectivity index (χ4v) is 6.28. The Morgan fingerprint density at radius 1 is 1.09 bits per heavy atom. The van der Waals surface area contributed by atoms with Gasteiger partial charge in [-0.2, -0.15) is 0 Å². The van der Waals surface area contributed by atoms with Crippen LogP contribution in [0.1, 0.15) is 65.3 Å². The van der Waals surface area contributed by atoms with E-state index >= 15 is 0 Å². The largest absolute Gasteiger partial charge is 0.489 e. The van der Waals surface area contributed by atoms with Crippen LogP contribution >= 0.6 is 22.9 Å². The Balaban J connectivity index is 1.29. The average molecular weight is 481 g/mol. The smallest absolute Gasteiger partial charge is 0.256 e. The lowest BCUT2D eigenvalue weighted by Gasteiger charge is -2.34. The first kappa shape index (κ1) is 22.3. The van der Waals surface area contributed by atoms with Crippen molar-refractivity contribution in [3.05, 3.63) is 80.7 Å². The molecule has 0 unspecified atom stereocenters. The van der Waals surface area contributed by atoms with Crippen LogP contribution in [0, 0.1) is 11.3 Å². The molecule has 172 valence electrons. The summed E-state index contributed by atoms with van der Waals surface area (Å²) >= 11 is 7.97. The molecule has 0 spiro atoms. The molecule has 5 rings (SSSR count). The number of carbonyl (C=O) groups is 1. The van der Waals surface area contributed by atoms with Crippen molar-refractivity contribution in [3.8, 4) is 5.75 Å². The highest BCUT2D eigenvalue weighted by molar-refractivity contribution is 7.16. The normalized spacial score (nSPS) is 19.8. The van der Waals surface area contributed by atoms with Crippen molar-refractivity contribution < 1.29 is 9.53 Å². The standard InChI is InChI=1S/C27H29ClN2O2S/c1-27(2,3)18-10-13-20-22(14-18)33-26-23(20)25(31)29-24(30-26)16-8-11-19(12-9-16)32-15-17-6-4-5-7-21(17)28/h4-9,11-12,18,24,30H,10,13-15H2,1-3H3,(H,29,31)/t18-,24+/m0/s1. The number of hydrogen-bond donors (Lipinski definition) is 2. The van der Waals surface area contributed by atoms with Gasteiger partial charge in [-0.3, -0.25) is 4.79 Å². The Morgan fingerprint density at radius 3 is 2.58 bits per heavy atom. The molecule has 1 aromatic heterocycles. The van der Waals surface area contributed by atoms with Gasteiger partial charge in [0.1, 0.15) is 23.5 Å². The molecule has 6 heteroatoms. The minimum Gasteiger partial charge on any atom is -0.489 e. The zero-order valence-electron chi connectivity index (χ0n) is 19.2. The van der Waals surface area contributed by atoms with Gasteiger partial charge in [0.05, 0.1) is 5.56 Å². The molecule has 2 aliphatic rings. The number of hydrogen-bond acceptors (Lipinski definition) is 4. The van der Waals surface area contributed by atoms with Crippen LogP contribution in [0.4, 0.5) is 5.00 Å². The summed E-state index contributed by atoms with van der Waals surface area (Å²) in [6.45, 7) is 7.37. The number of halogens is 1. The molecule has 3 aromatic rings. The van der Waals surface area contributed by atoms with Crippen LogP contribution in [-0.4, -0.2) is 5.91 Å². The van der Waals surface area contributed by atoms with Crippen molar-refractivity contribution in [3.63, 3.8) is 0 Å². The van der Waals surface area contributed by atoms with Gasteiger partial charge in [-0.05, 0) is 59.9 Å². The van der Waals surface area contributed by atoms with Gasteiger partial charge in [0.15, 0.2) is 0 Å². The first-order chi connectivity index (χ1) is 15.8. The van der Waals surface area contributed by atoms with E-state index in [0.29, 0.717) is 17.5 Å². The highest BCUT2D eigenvalue weighted by Crippen LogP contribution is 2.46. The van der Waals surface area contributed by atoms with Gasteiger partial charge in [-0.15, -0.1) is 11.3 Å². The Bertz CT molecular complexity index is 1180. The average Bonchev–Trinajstić information content (AvgIpc) is 3.16. The number of nitrogens with one attached hydrogen (secondary N) is 2. The van der Waals surface area contributed by atoms with Crippen molar-refractivity contribution in [2.45, 2.75) is 52.8 Å². The topological polar surface area (TPSA) is 50.4 Å². The fourth-order valence-electron chi connectivity index (χ4n) is 4.74. The van der Waals surface area contributed by atoms with Crippen LogP contribution in [0.2, 0.25) is 5.02 Å². The maximum Gasteiger partial charge on any atom is 0.256 e. The van der Waals surface area contributed by atoms with Gasteiger partial charge >= 0.3 is 0 Å². The van der Waals surface area contributed by atoms with Crippen molar-refractivity contribution in [1.82, 2.24) is 5.32 Å². The lowest BCUT2D eigenvalue weighted by Crippen LogP contribution is -2.38. The Kier molecular flexibility index (Phi) is 5.87. The second kappa shape index (κ2) is 8.69. The summed E-state index contributed by atoms with van der Waals surface area (Å²) in [7, 11) is 0. The van der Waals surface area contributed by atoms with Gasteiger partial charge < -0.3 is 15.4 Å². The van der Waals surface area contributed by atoms with Crippen molar-refractivity contribution in [2.24, 2.45) is 11.3 Å². The van der Waals surface area contributed by atoms with Crippen LogP contribution in [0.25, 0.3) is 0 Å². The quantitative estimate of drug-likeness (QED) is 0.423. The summed E-state index contributed by atoms with van der Waals surface area (Å²) in [6, 6.07) is 15.5. The third kappa shape index (κ3) is 4.49. The minimum absolute atomic E-state index is 0.0273. The molecule has 2 aromatic carbocycles. The van der Waals surface area contributed by atoms with Crippen LogP contribution < -0.4 is 15.4 Å². The molecule has 1 amide bonds. The third-order valence-electron chi connectivity index (χ3n) is 6.83. The second-order valence-electron chi connectivity index (χ2n) is 10.0. The van der Waals surface area contributed by atoms with E-state index in [1.807, 2.05) is 48.5 Å². The molecular weight excluding hydrogens is 452 g/mol. The van der Waals surface area contributed by atoms with Crippen LogP contribution in [0.3, 0.4) is 0 Å². The molecule has 2 heterocycles. The van der Waals surface area contributed by atoms with Gasteiger partial charge in [-0.25, -0.2) is 0 Å². The van der Waals surface area contributed by atoms with E-state index in [1.54, 1.807) is 11.3 Å². The number of thiophene rings is 1. The second-order valence-corrected chi connectivity index (χ2v) is 11.5. The third-order valence-corrected chi connectivity index (χ3v) is 8.39. The summed E-state index contributed by atoms with van der Waals surface area (Å²) in [5.74, 6) is 1.45. The monoisotopic (exact) mass is 480 g/mol. The summed E-state index contributed by atoms with van der Waals surface area (Å²) in [6.07, 6.45) is 2.95. The number of benzene rings is 2. The van der Waals surface area contributed by atoms with Crippen molar-refractivity contribution in [2.75, 3.05) is 5.32 Å². The van der Waals surface area contributed by atoms with E-state index in [0.717, 1.165) is 46.7 Å². The van der Waals surface area contributed by atoms with E-state index < -0.39 is 0 Å². The van der Waals surface area contributed by atoms with Crippen LogP contribution in [0.5, 0.6) is 5.75 Å². The molecular formula is C27H29ClN2O2S. The summed E-state index contributed by atoms with van der Waals surface area (Å²) in [5.41, 5.74) is 4.35. The number of anilines is 1. The maximum absolute atomic E-state index is 13.1. The summed E-state index contributed by atoms with van der Waals surface area (Å²) in [5, 5.41) is 8.42. The Morgan fingerprint density at radius 2 is 1.85 bits per heavy atom. The summed E-state index contributed by atoms with van der Waals surface area (Å²) < 4.78 is 5.89. The maximum atomic E-state index is 13.1. The van der Waals surface area contributed by atoms with Crippen LogP contribution in [0.15, 0.2) is 48.5 Å². The SMILES string of the molecule is CC(C)(C)[C@H]1CCc2c(sc3c2C(=O)N[C@@H](c2ccc(OCc4ccccc4Cl)cc2)N3)C1. The molecule has 4 nitrogen and oxygen atoms in total. The van der Waals surface area contributed by atoms with E-state index in [-0.39, 0.29) is 17.5 Å². The van der Waals surface area contributed by atoms with E-state index in [2.05, 4.69) is 31.4 Å². The molecule has 33 heavy (non-hydrogen) atoms. The zero-order chi connectivity index (χ0) is 23.2. The molecule has 0 bridgehead atoms. The number of amides is 1. The van der Waals surface area contributed by atoms with Crippen molar-refractivity contribution in [1.29, 1.82) is 0 Å².